The molecule has 0 bridgehead atoms. The van der Waals surface area contributed by atoms with E-state index in [-0.39, 0.29) is 12.2 Å². The molecule has 3 rings (SSSR count). The quantitative estimate of drug-likeness (QED) is 0.658. The Morgan fingerprint density at radius 1 is 1.19 bits per heavy atom. The zero-order valence-electron chi connectivity index (χ0n) is 14.5. The summed E-state index contributed by atoms with van der Waals surface area (Å²) in [4.78, 5) is 13.4. The van der Waals surface area contributed by atoms with Gasteiger partial charge in [-0.25, -0.2) is 13.6 Å². The number of nitrogens with zero attached hydrogens (tertiary/aromatic N) is 1. The first-order valence-corrected chi connectivity index (χ1v) is 10.6. The highest BCUT2D eigenvalue weighted by atomic mass is 32.2. The molecule has 0 saturated heterocycles. The van der Waals surface area contributed by atoms with E-state index in [4.69, 9.17) is 5.14 Å². The summed E-state index contributed by atoms with van der Waals surface area (Å²) in [5.41, 5.74) is 2.79. The minimum absolute atomic E-state index is 0.0573. The molecule has 5 nitrogen and oxygen atoms in total. The summed E-state index contributed by atoms with van der Waals surface area (Å²) in [6, 6.07) is 14.4. The second-order valence-corrected chi connectivity index (χ2v) is 8.92. The normalized spacial score (nSPS) is 12.9. The second kappa shape index (κ2) is 7.19. The molecule has 1 atom stereocenters. The fraction of sp³-hybridized carbons (Fsp3) is 0.211. The number of carbonyl (C=O) groups is 1. The van der Waals surface area contributed by atoms with Crippen molar-refractivity contribution in [1.29, 1.82) is 0 Å². The maximum atomic E-state index is 12.8. The lowest BCUT2D eigenvalue weighted by molar-refractivity contribution is 0.103. The van der Waals surface area contributed by atoms with Crippen molar-refractivity contribution >= 4 is 27.1 Å². The van der Waals surface area contributed by atoms with E-state index >= 15 is 0 Å². The molecule has 26 heavy (non-hydrogen) atoms. The molecule has 1 unspecified atom stereocenters. The molecule has 2 heterocycles. The average molecular weight is 389 g/mol. The average Bonchev–Trinajstić information content (AvgIpc) is 3.21. The predicted molar refractivity (Wildman–Crippen MR) is 104 cm³/mol. The predicted octanol–water partition coefficient (Wildman–Crippen LogP) is 3.20. The highest BCUT2D eigenvalue weighted by Gasteiger charge is 2.27. The number of aromatic nitrogens is 1. The number of hydrogen-bond acceptors (Lipinski definition) is 4. The van der Waals surface area contributed by atoms with Crippen molar-refractivity contribution in [3.8, 4) is 0 Å². The number of rotatable bonds is 6. The van der Waals surface area contributed by atoms with Crippen LogP contribution in [0.2, 0.25) is 0 Å². The lowest BCUT2D eigenvalue weighted by Gasteiger charge is -2.16. The van der Waals surface area contributed by atoms with E-state index in [0.717, 1.165) is 11.3 Å². The van der Waals surface area contributed by atoms with Gasteiger partial charge in [0.2, 0.25) is 15.8 Å². The third kappa shape index (κ3) is 3.65. The van der Waals surface area contributed by atoms with Gasteiger partial charge in [-0.05, 0) is 35.6 Å². The smallest absolute Gasteiger partial charge is 0.219 e. The van der Waals surface area contributed by atoms with E-state index in [0.29, 0.717) is 16.1 Å². The van der Waals surface area contributed by atoms with Crippen molar-refractivity contribution < 1.29 is 13.2 Å². The van der Waals surface area contributed by atoms with E-state index in [2.05, 4.69) is 0 Å². The highest BCUT2D eigenvalue weighted by molar-refractivity contribution is 7.89. The zero-order valence-corrected chi connectivity index (χ0v) is 16.2. The van der Waals surface area contributed by atoms with Crippen molar-refractivity contribution in [3.05, 3.63) is 81.3 Å². The van der Waals surface area contributed by atoms with Gasteiger partial charge in [0.25, 0.3) is 0 Å². The first-order valence-electron chi connectivity index (χ1n) is 8.09. The second-order valence-electron chi connectivity index (χ2n) is 6.23. The molecular weight excluding hydrogens is 368 g/mol. The maximum Gasteiger partial charge on any atom is 0.219 e. The number of ketones is 1. The summed E-state index contributed by atoms with van der Waals surface area (Å²) in [5, 5.41) is 6.49. The largest absolute Gasteiger partial charge is 0.345 e. The van der Waals surface area contributed by atoms with Gasteiger partial charge in [0, 0.05) is 19.2 Å². The van der Waals surface area contributed by atoms with Gasteiger partial charge in [0.05, 0.1) is 10.6 Å². The molecule has 2 aromatic heterocycles. The number of benzene rings is 1. The molecule has 0 radical (unpaired) electrons. The zero-order chi connectivity index (χ0) is 18.9. The molecule has 0 spiro atoms. The molecular formula is C19H20N2O3S2. The minimum atomic E-state index is -3.80. The molecule has 2 N–H and O–H groups in total. The first kappa shape index (κ1) is 18.6. The van der Waals surface area contributed by atoms with Crippen LogP contribution in [0.4, 0.5) is 0 Å². The fourth-order valence-corrected chi connectivity index (χ4v) is 4.76. The molecule has 0 saturated carbocycles. The Balaban J connectivity index is 2.00. The number of sulfonamides is 1. The Morgan fingerprint density at radius 2 is 1.88 bits per heavy atom. The molecule has 3 aromatic rings. The third-order valence-corrected chi connectivity index (χ3v) is 6.55. The van der Waals surface area contributed by atoms with Gasteiger partial charge in [-0.3, -0.25) is 4.79 Å². The monoisotopic (exact) mass is 388 g/mol. The van der Waals surface area contributed by atoms with Crippen LogP contribution in [-0.2, 0) is 23.5 Å². The summed E-state index contributed by atoms with van der Waals surface area (Å²) in [6.07, 6.45) is 0.206. The number of thiophene rings is 1. The molecule has 0 fully saturated rings. The van der Waals surface area contributed by atoms with Crippen molar-refractivity contribution in [2.45, 2.75) is 18.6 Å². The Labute approximate surface area is 157 Å². The van der Waals surface area contributed by atoms with E-state index in [1.54, 1.807) is 41.9 Å². The van der Waals surface area contributed by atoms with Crippen LogP contribution < -0.4 is 5.14 Å². The van der Waals surface area contributed by atoms with Crippen LogP contribution in [0.25, 0.3) is 0 Å². The first-order chi connectivity index (χ1) is 12.3. The van der Waals surface area contributed by atoms with Crippen LogP contribution in [0.5, 0.6) is 0 Å². The van der Waals surface area contributed by atoms with Crippen molar-refractivity contribution in [2.75, 3.05) is 0 Å². The fourth-order valence-electron chi connectivity index (χ4n) is 3.16. The molecule has 0 amide bonds. The van der Waals surface area contributed by atoms with Crippen LogP contribution >= 0.6 is 11.3 Å². The van der Waals surface area contributed by atoms with Gasteiger partial charge < -0.3 is 4.57 Å². The van der Waals surface area contributed by atoms with Gasteiger partial charge in [-0.15, -0.1) is 11.3 Å². The lowest BCUT2D eigenvalue weighted by Crippen LogP contribution is -2.24. The van der Waals surface area contributed by atoms with E-state index in [1.165, 1.54) is 11.3 Å². The number of carbonyl (C=O) groups excluding carboxylic acids is 1. The van der Waals surface area contributed by atoms with Crippen LogP contribution in [0.1, 0.15) is 37.4 Å². The topological polar surface area (TPSA) is 82.2 Å². The Hall–Kier alpha value is -2.22. The molecule has 1 aromatic carbocycles. The summed E-state index contributed by atoms with van der Waals surface area (Å²) < 4.78 is 26.1. The Kier molecular flexibility index (Phi) is 5.13. The highest BCUT2D eigenvalue weighted by Crippen LogP contribution is 2.28. The molecule has 7 heteroatoms. The number of primary sulfonamides is 1. The Morgan fingerprint density at radius 3 is 2.46 bits per heavy atom. The number of nitrogens with two attached hydrogens (primary N) is 1. The van der Waals surface area contributed by atoms with Gasteiger partial charge in [0.15, 0.2) is 0 Å². The standard InChI is InChI=1S/C19H20N2O3S2/c1-13-11-15(21(2)18(13)19(22)16-9-6-10-25-16)12-17(26(20,23)24)14-7-4-3-5-8-14/h3-11,17H,12H2,1-2H3,(H2,20,23,24). The van der Waals surface area contributed by atoms with Gasteiger partial charge in [0.1, 0.15) is 5.25 Å². The molecule has 0 aliphatic carbocycles. The van der Waals surface area contributed by atoms with Crippen molar-refractivity contribution in [2.24, 2.45) is 12.2 Å². The van der Waals surface area contributed by atoms with Crippen molar-refractivity contribution in [1.82, 2.24) is 4.57 Å². The van der Waals surface area contributed by atoms with E-state index < -0.39 is 15.3 Å². The summed E-state index contributed by atoms with van der Waals surface area (Å²) in [6.45, 7) is 1.86. The molecule has 0 aliphatic rings. The minimum Gasteiger partial charge on any atom is -0.345 e. The number of aryl methyl sites for hydroxylation is 1. The van der Waals surface area contributed by atoms with Gasteiger partial charge >= 0.3 is 0 Å². The number of hydrogen-bond donors (Lipinski definition) is 1. The van der Waals surface area contributed by atoms with E-state index in [9.17, 15) is 13.2 Å². The SMILES string of the molecule is Cc1cc(CC(c2ccccc2)S(N)(=O)=O)n(C)c1C(=O)c1cccs1. The Bertz CT molecular complexity index is 1020. The van der Waals surface area contributed by atoms with Crippen LogP contribution in [0.15, 0.2) is 53.9 Å². The third-order valence-electron chi connectivity index (χ3n) is 4.45. The van der Waals surface area contributed by atoms with Gasteiger partial charge in [-0.1, -0.05) is 36.4 Å². The summed E-state index contributed by atoms with van der Waals surface area (Å²) in [5.74, 6) is -0.0573. The molecule has 0 aliphatic heterocycles. The summed E-state index contributed by atoms with van der Waals surface area (Å²) >= 11 is 1.39. The van der Waals surface area contributed by atoms with Gasteiger partial charge in [-0.2, -0.15) is 0 Å². The van der Waals surface area contributed by atoms with Crippen LogP contribution in [-0.4, -0.2) is 18.8 Å². The summed E-state index contributed by atoms with van der Waals surface area (Å²) in [7, 11) is -2.01. The van der Waals surface area contributed by atoms with Crippen molar-refractivity contribution in [3.63, 3.8) is 0 Å². The van der Waals surface area contributed by atoms with E-state index in [1.807, 2.05) is 30.5 Å². The van der Waals surface area contributed by atoms with Crippen LogP contribution in [0.3, 0.4) is 0 Å². The lowest BCUT2D eigenvalue weighted by atomic mass is 10.1. The maximum absolute atomic E-state index is 12.8. The molecule has 136 valence electrons. The van der Waals surface area contributed by atoms with Crippen LogP contribution in [0, 0.1) is 6.92 Å².